The average molecular weight is 541 g/mol. The molecule has 0 aliphatic carbocycles. The molecule has 0 radical (unpaired) electrons. The first-order valence-electron chi connectivity index (χ1n) is 12.1. The fourth-order valence-electron chi connectivity index (χ4n) is 4.22. The molecule has 0 spiro atoms. The van der Waals surface area contributed by atoms with Gasteiger partial charge in [0.05, 0.1) is 12.7 Å². The Hall–Kier alpha value is -3.71. The van der Waals surface area contributed by atoms with Crippen molar-refractivity contribution in [1.82, 2.24) is 24.8 Å². The standard InChI is InChI=1S/C24H31F3N6O5/c1-6-15-10-31(21(36)29-13-24(25,26)27)11-16(15)18(35)12-33(22(37)38-23(3,4)5)19-9-28-20-17(30-19)7-8-32(20)14(2)34/h7-9,15-16H,6,10-13H2,1-5H3,(H,29,36)/t15-,16+/m1/s1. The van der Waals surface area contributed by atoms with E-state index in [2.05, 4.69) is 9.97 Å². The third-order valence-corrected chi connectivity index (χ3v) is 6.03. The molecule has 0 aromatic carbocycles. The Morgan fingerprint density at radius 3 is 2.45 bits per heavy atom. The van der Waals surface area contributed by atoms with Crippen LogP contribution in [0.25, 0.3) is 11.2 Å². The number of aromatic nitrogens is 3. The number of ether oxygens (including phenoxy) is 1. The van der Waals surface area contributed by atoms with E-state index >= 15 is 0 Å². The summed E-state index contributed by atoms with van der Waals surface area (Å²) >= 11 is 0. The third-order valence-electron chi connectivity index (χ3n) is 6.03. The lowest BCUT2D eigenvalue weighted by Crippen LogP contribution is -2.44. The van der Waals surface area contributed by atoms with Gasteiger partial charge in [-0.3, -0.25) is 19.1 Å². The average Bonchev–Trinajstić information content (AvgIpc) is 3.43. The van der Waals surface area contributed by atoms with Gasteiger partial charge < -0.3 is 15.0 Å². The number of hydrogen-bond acceptors (Lipinski definition) is 7. The second kappa shape index (κ2) is 11.0. The zero-order valence-electron chi connectivity index (χ0n) is 21.8. The second-order valence-electron chi connectivity index (χ2n) is 10.1. The molecule has 1 N–H and O–H groups in total. The van der Waals surface area contributed by atoms with Crippen LogP contribution < -0.4 is 10.2 Å². The highest BCUT2D eigenvalue weighted by molar-refractivity contribution is 5.97. The summed E-state index contributed by atoms with van der Waals surface area (Å²) in [5, 5.41) is 1.83. The Balaban J connectivity index is 1.84. The Bertz CT molecular complexity index is 1220. The van der Waals surface area contributed by atoms with Crippen LogP contribution in [0.3, 0.4) is 0 Å². The number of carbonyl (C=O) groups excluding carboxylic acids is 4. The predicted molar refractivity (Wildman–Crippen MR) is 131 cm³/mol. The summed E-state index contributed by atoms with van der Waals surface area (Å²) in [6.07, 6.45) is -2.17. The number of likely N-dealkylation sites (tertiary alicyclic amines) is 1. The number of fused-ring (bicyclic) bond motifs is 1. The van der Waals surface area contributed by atoms with Gasteiger partial charge in [0.2, 0.25) is 5.91 Å². The van der Waals surface area contributed by atoms with E-state index in [-0.39, 0.29) is 36.4 Å². The van der Waals surface area contributed by atoms with Crippen LogP contribution in [0.2, 0.25) is 0 Å². The van der Waals surface area contributed by atoms with Gasteiger partial charge in [-0.1, -0.05) is 13.3 Å². The number of nitrogens with zero attached hydrogens (tertiary/aromatic N) is 5. The third kappa shape index (κ3) is 6.98. The van der Waals surface area contributed by atoms with Crippen LogP contribution in [0.1, 0.15) is 45.8 Å². The molecular formula is C24H31F3N6O5. The van der Waals surface area contributed by atoms with Gasteiger partial charge in [0.15, 0.2) is 17.2 Å². The van der Waals surface area contributed by atoms with E-state index in [1.54, 1.807) is 26.8 Å². The predicted octanol–water partition coefficient (Wildman–Crippen LogP) is 3.63. The molecule has 1 aliphatic heterocycles. The van der Waals surface area contributed by atoms with Gasteiger partial charge in [-0.15, -0.1) is 0 Å². The molecule has 2 aromatic heterocycles. The van der Waals surface area contributed by atoms with Crippen molar-refractivity contribution in [3.63, 3.8) is 0 Å². The molecule has 38 heavy (non-hydrogen) atoms. The number of Topliss-reactive ketones (excluding diaryl/α,β-unsaturated/α-hetero) is 1. The number of urea groups is 1. The number of anilines is 1. The largest absolute Gasteiger partial charge is 0.443 e. The summed E-state index contributed by atoms with van der Waals surface area (Å²) in [5.74, 6) is -1.68. The van der Waals surface area contributed by atoms with Gasteiger partial charge >= 0.3 is 18.3 Å². The first-order valence-corrected chi connectivity index (χ1v) is 12.1. The van der Waals surface area contributed by atoms with Gasteiger partial charge in [0.1, 0.15) is 17.7 Å². The number of carbonyl (C=O) groups is 4. The van der Waals surface area contributed by atoms with Crippen molar-refractivity contribution in [2.75, 3.05) is 31.1 Å². The van der Waals surface area contributed by atoms with E-state index in [1.165, 1.54) is 28.8 Å². The highest BCUT2D eigenvalue weighted by Gasteiger charge is 2.41. The van der Waals surface area contributed by atoms with Gasteiger partial charge in [-0.2, -0.15) is 13.2 Å². The van der Waals surface area contributed by atoms with E-state index in [1.807, 2.05) is 12.2 Å². The van der Waals surface area contributed by atoms with Crippen molar-refractivity contribution >= 4 is 40.8 Å². The molecule has 0 bridgehead atoms. The smallest absolute Gasteiger partial charge is 0.416 e. The minimum atomic E-state index is -4.56. The fraction of sp³-hybridized carbons (Fsp3) is 0.583. The molecule has 3 rings (SSSR count). The van der Waals surface area contributed by atoms with E-state index in [0.717, 1.165) is 4.90 Å². The molecule has 2 atom stereocenters. The summed E-state index contributed by atoms with van der Waals surface area (Å²) < 4.78 is 44.3. The first-order chi connectivity index (χ1) is 17.6. The van der Waals surface area contributed by atoms with Gasteiger partial charge in [0, 0.05) is 32.1 Å². The Kier molecular flexibility index (Phi) is 8.32. The van der Waals surface area contributed by atoms with Crippen LogP contribution in [0.4, 0.5) is 28.6 Å². The van der Waals surface area contributed by atoms with Crippen LogP contribution in [-0.2, 0) is 9.53 Å². The molecule has 1 aliphatic rings. The maximum atomic E-state index is 13.4. The number of halogens is 3. The van der Waals surface area contributed by atoms with Crippen LogP contribution in [0, 0.1) is 11.8 Å². The lowest BCUT2D eigenvalue weighted by atomic mass is 9.90. The summed E-state index contributed by atoms with van der Waals surface area (Å²) in [4.78, 5) is 61.5. The van der Waals surface area contributed by atoms with Crippen LogP contribution in [0.5, 0.6) is 0 Å². The number of hydrogen-bond donors (Lipinski definition) is 1. The van der Waals surface area contributed by atoms with Gasteiger partial charge in [-0.25, -0.2) is 19.6 Å². The molecule has 3 amide bonds. The molecule has 1 saturated heterocycles. The molecule has 1 fully saturated rings. The zero-order valence-corrected chi connectivity index (χ0v) is 21.8. The summed E-state index contributed by atoms with van der Waals surface area (Å²) in [6, 6.07) is 0.635. The van der Waals surface area contributed by atoms with Crippen molar-refractivity contribution in [3.05, 3.63) is 18.5 Å². The van der Waals surface area contributed by atoms with E-state index in [9.17, 15) is 32.3 Å². The highest BCUT2D eigenvalue weighted by Crippen LogP contribution is 2.29. The first kappa shape index (κ1) is 28.9. The SMILES string of the molecule is CC[C@@H]1CN(C(=O)NCC(F)(F)F)C[C@@H]1C(=O)CN(C(=O)OC(C)(C)C)c1cnc2c(ccn2C(C)=O)n1. The van der Waals surface area contributed by atoms with E-state index in [4.69, 9.17) is 4.74 Å². The number of alkyl halides is 3. The fourth-order valence-corrected chi connectivity index (χ4v) is 4.22. The number of amides is 3. The topological polar surface area (TPSA) is 127 Å². The van der Waals surface area contributed by atoms with Crippen LogP contribution in [0.15, 0.2) is 18.5 Å². The van der Waals surface area contributed by atoms with Gasteiger partial charge in [0.25, 0.3) is 0 Å². The van der Waals surface area contributed by atoms with Crippen molar-refractivity contribution in [3.8, 4) is 0 Å². The Morgan fingerprint density at radius 1 is 1.18 bits per heavy atom. The number of rotatable bonds is 6. The van der Waals surface area contributed by atoms with Crippen LogP contribution >= 0.6 is 0 Å². The maximum absolute atomic E-state index is 13.4. The second-order valence-corrected chi connectivity index (χ2v) is 10.1. The highest BCUT2D eigenvalue weighted by atomic mass is 19.4. The minimum absolute atomic E-state index is 0.0206. The summed E-state index contributed by atoms with van der Waals surface area (Å²) in [6.45, 7) is 6.24. The van der Waals surface area contributed by atoms with E-state index in [0.29, 0.717) is 11.9 Å². The molecule has 208 valence electrons. The van der Waals surface area contributed by atoms with Crippen molar-refractivity contribution in [2.24, 2.45) is 11.8 Å². The Morgan fingerprint density at radius 2 is 1.87 bits per heavy atom. The number of nitrogens with one attached hydrogen (secondary N) is 1. The molecule has 0 saturated carbocycles. The quantitative estimate of drug-likeness (QED) is 0.593. The summed E-state index contributed by atoms with van der Waals surface area (Å²) in [7, 11) is 0. The summed E-state index contributed by atoms with van der Waals surface area (Å²) in [5.41, 5.74) is -0.293. The zero-order chi connectivity index (χ0) is 28.4. The molecule has 2 aromatic rings. The lowest BCUT2D eigenvalue weighted by Gasteiger charge is -2.27. The van der Waals surface area contributed by atoms with Gasteiger partial charge in [-0.05, 0) is 32.8 Å². The lowest BCUT2D eigenvalue weighted by molar-refractivity contribution is -0.124. The maximum Gasteiger partial charge on any atom is 0.416 e. The normalized spacial score (nSPS) is 17.9. The van der Waals surface area contributed by atoms with Crippen molar-refractivity contribution in [2.45, 2.75) is 52.8 Å². The molecule has 0 unspecified atom stereocenters. The number of ketones is 1. The molecule has 14 heteroatoms. The van der Waals surface area contributed by atoms with Crippen molar-refractivity contribution in [1.29, 1.82) is 0 Å². The molecule has 3 heterocycles. The Labute approximate surface area is 217 Å². The van der Waals surface area contributed by atoms with E-state index < -0.39 is 48.7 Å². The monoisotopic (exact) mass is 540 g/mol. The molecule has 11 nitrogen and oxygen atoms in total. The minimum Gasteiger partial charge on any atom is -0.443 e. The van der Waals surface area contributed by atoms with Crippen molar-refractivity contribution < 1.29 is 37.1 Å². The molecular weight excluding hydrogens is 509 g/mol. The van der Waals surface area contributed by atoms with Crippen LogP contribution in [-0.4, -0.2) is 81.2 Å².